The van der Waals surface area contributed by atoms with Gasteiger partial charge in [0.05, 0.1) is 16.0 Å². The van der Waals surface area contributed by atoms with Crippen molar-refractivity contribution < 1.29 is 14.1 Å². The van der Waals surface area contributed by atoms with Gasteiger partial charge in [-0.3, -0.25) is 10.1 Å². The molecule has 0 fully saturated rings. The smallest absolute Gasteiger partial charge is 0.314 e. The molecule has 1 atom stereocenters. The molecular formula is C14H12ClFN2O3. The van der Waals surface area contributed by atoms with Gasteiger partial charge in [-0.05, 0) is 36.8 Å². The van der Waals surface area contributed by atoms with Gasteiger partial charge in [0.1, 0.15) is 11.6 Å². The SMILES string of the molecule is C[C@H](N)c1ccc(Oc2ccc(F)cc2[N+](=O)[O-])c(Cl)c1. The Morgan fingerprint density at radius 1 is 1.29 bits per heavy atom. The van der Waals surface area contributed by atoms with Gasteiger partial charge in [-0.25, -0.2) is 4.39 Å². The summed E-state index contributed by atoms with van der Waals surface area (Å²) < 4.78 is 18.5. The first-order valence-electron chi connectivity index (χ1n) is 6.05. The van der Waals surface area contributed by atoms with Crippen molar-refractivity contribution in [2.24, 2.45) is 5.73 Å². The Labute approximate surface area is 125 Å². The summed E-state index contributed by atoms with van der Waals surface area (Å²) in [5.41, 5.74) is 6.07. The van der Waals surface area contributed by atoms with Crippen molar-refractivity contribution in [3.05, 3.63) is 62.9 Å². The molecule has 5 nitrogen and oxygen atoms in total. The van der Waals surface area contributed by atoms with Crippen LogP contribution >= 0.6 is 11.6 Å². The average Bonchev–Trinajstić information content (AvgIpc) is 2.42. The van der Waals surface area contributed by atoms with Crippen LogP contribution in [-0.2, 0) is 0 Å². The number of halogens is 2. The summed E-state index contributed by atoms with van der Waals surface area (Å²) in [7, 11) is 0. The summed E-state index contributed by atoms with van der Waals surface area (Å²) in [5, 5.41) is 11.2. The van der Waals surface area contributed by atoms with Crippen molar-refractivity contribution >= 4 is 17.3 Å². The molecule has 0 spiro atoms. The van der Waals surface area contributed by atoms with Crippen LogP contribution in [-0.4, -0.2) is 4.92 Å². The summed E-state index contributed by atoms with van der Waals surface area (Å²) in [5.74, 6) is -0.569. The van der Waals surface area contributed by atoms with Gasteiger partial charge in [-0.1, -0.05) is 17.7 Å². The van der Waals surface area contributed by atoms with E-state index in [2.05, 4.69) is 0 Å². The van der Waals surface area contributed by atoms with E-state index in [9.17, 15) is 14.5 Å². The molecule has 21 heavy (non-hydrogen) atoms. The van der Waals surface area contributed by atoms with Crippen LogP contribution in [0.25, 0.3) is 0 Å². The number of nitrogens with two attached hydrogens (primary N) is 1. The Morgan fingerprint density at radius 2 is 1.95 bits per heavy atom. The highest BCUT2D eigenvalue weighted by atomic mass is 35.5. The summed E-state index contributed by atoms with van der Waals surface area (Å²) in [4.78, 5) is 10.2. The van der Waals surface area contributed by atoms with Crippen LogP contribution in [0.3, 0.4) is 0 Å². The van der Waals surface area contributed by atoms with Crippen LogP contribution in [0.15, 0.2) is 36.4 Å². The van der Waals surface area contributed by atoms with Gasteiger partial charge in [0.15, 0.2) is 0 Å². The standard InChI is InChI=1S/C14H12ClFN2O3/c1-8(17)9-2-4-13(11(15)6-9)21-14-5-3-10(16)7-12(14)18(19)20/h2-8H,17H2,1H3/t8-/m0/s1. The zero-order valence-corrected chi connectivity index (χ0v) is 11.8. The van der Waals surface area contributed by atoms with Crippen LogP contribution in [0.1, 0.15) is 18.5 Å². The fourth-order valence-electron chi connectivity index (χ4n) is 1.72. The Hall–Kier alpha value is -2.18. The number of benzene rings is 2. The van der Waals surface area contributed by atoms with E-state index in [1.807, 2.05) is 0 Å². The van der Waals surface area contributed by atoms with Gasteiger partial charge in [-0.15, -0.1) is 0 Å². The van der Waals surface area contributed by atoms with Crippen LogP contribution < -0.4 is 10.5 Å². The van der Waals surface area contributed by atoms with Crippen molar-refractivity contribution in [3.63, 3.8) is 0 Å². The number of nitrogens with zero attached hydrogens (tertiary/aromatic N) is 1. The molecule has 2 rings (SSSR count). The van der Waals surface area contributed by atoms with Crippen molar-refractivity contribution in [3.8, 4) is 11.5 Å². The highest BCUT2D eigenvalue weighted by Gasteiger charge is 2.18. The molecule has 0 unspecified atom stereocenters. The largest absolute Gasteiger partial charge is 0.449 e. The first-order valence-corrected chi connectivity index (χ1v) is 6.43. The molecule has 2 aromatic rings. The minimum absolute atomic E-state index is 0.0863. The molecule has 110 valence electrons. The monoisotopic (exact) mass is 310 g/mol. The first-order chi connectivity index (χ1) is 9.88. The molecule has 0 aliphatic rings. The Bertz CT molecular complexity index is 692. The maximum absolute atomic E-state index is 13.1. The van der Waals surface area contributed by atoms with Crippen LogP contribution in [0.4, 0.5) is 10.1 Å². The van der Waals surface area contributed by atoms with Gasteiger partial charge in [0, 0.05) is 6.04 Å². The van der Waals surface area contributed by atoms with Gasteiger partial charge in [0.2, 0.25) is 5.75 Å². The quantitative estimate of drug-likeness (QED) is 0.678. The molecule has 0 radical (unpaired) electrons. The van der Waals surface area contributed by atoms with Crippen molar-refractivity contribution in [2.75, 3.05) is 0 Å². The molecule has 0 bridgehead atoms. The molecule has 2 aromatic carbocycles. The lowest BCUT2D eigenvalue weighted by Crippen LogP contribution is -2.04. The van der Waals surface area contributed by atoms with E-state index in [0.717, 1.165) is 17.7 Å². The fourth-order valence-corrected chi connectivity index (χ4v) is 1.95. The predicted molar refractivity (Wildman–Crippen MR) is 77.2 cm³/mol. The van der Waals surface area contributed by atoms with E-state index in [1.165, 1.54) is 6.07 Å². The number of nitro groups is 1. The van der Waals surface area contributed by atoms with E-state index in [0.29, 0.717) is 0 Å². The van der Waals surface area contributed by atoms with Crippen molar-refractivity contribution in [1.82, 2.24) is 0 Å². The molecule has 2 N–H and O–H groups in total. The number of ether oxygens (including phenoxy) is 1. The Morgan fingerprint density at radius 3 is 2.52 bits per heavy atom. The second-order valence-corrected chi connectivity index (χ2v) is 4.86. The van der Waals surface area contributed by atoms with Crippen LogP contribution in [0.5, 0.6) is 11.5 Å². The zero-order valence-electron chi connectivity index (χ0n) is 11.0. The topological polar surface area (TPSA) is 78.4 Å². The first kappa shape index (κ1) is 15.2. The second kappa shape index (κ2) is 6.07. The number of hydrogen-bond donors (Lipinski definition) is 1. The van der Waals surface area contributed by atoms with E-state index in [4.69, 9.17) is 22.1 Å². The normalized spacial score (nSPS) is 12.0. The molecule has 0 saturated carbocycles. The number of rotatable bonds is 4. The van der Waals surface area contributed by atoms with Gasteiger partial charge in [-0.2, -0.15) is 0 Å². The van der Waals surface area contributed by atoms with E-state index >= 15 is 0 Å². The number of nitro benzene ring substituents is 1. The lowest BCUT2D eigenvalue weighted by molar-refractivity contribution is -0.385. The highest BCUT2D eigenvalue weighted by Crippen LogP contribution is 2.36. The van der Waals surface area contributed by atoms with Crippen LogP contribution in [0.2, 0.25) is 5.02 Å². The molecule has 0 aromatic heterocycles. The van der Waals surface area contributed by atoms with Gasteiger partial charge < -0.3 is 10.5 Å². The third kappa shape index (κ3) is 3.48. The lowest BCUT2D eigenvalue weighted by Gasteiger charge is -2.11. The third-order valence-electron chi connectivity index (χ3n) is 2.82. The summed E-state index contributed by atoms with van der Waals surface area (Å²) in [6.07, 6.45) is 0. The maximum atomic E-state index is 13.1. The van der Waals surface area contributed by atoms with Crippen molar-refractivity contribution in [2.45, 2.75) is 13.0 Å². The minimum Gasteiger partial charge on any atom is -0.449 e. The minimum atomic E-state index is -0.720. The molecule has 0 heterocycles. The molecule has 7 heteroatoms. The predicted octanol–water partition coefficient (Wildman–Crippen LogP) is 4.20. The third-order valence-corrected chi connectivity index (χ3v) is 3.11. The molecular weight excluding hydrogens is 299 g/mol. The molecule has 0 aliphatic heterocycles. The fraction of sp³-hybridized carbons (Fsp3) is 0.143. The Kier molecular flexibility index (Phi) is 4.40. The van der Waals surface area contributed by atoms with E-state index in [-0.39, 0.29) is 22.6 Å². The highest BCUT2D eigenvalue weighted by molar-refractivity contribution is 6.32. The summed E-state index contributed by atoms with van der Waals surface area (Å²) >= 11 is 6.06. The molecule has 0 amide bonds. The van der Waals surface area contributed by atoms with E-state index in [1.54, 1.807) is 25.1 Å². The van der Waals surface area contributed by atoms with Crippen LogP contribution in [0, 0.1) is 15.9 Å². The molecule has 0 saturated heterocycles. The maximum Gasteiger partial charge on any atom is 0.314 e. The van der Waals surface area contributed by atoms with Gasteiger partial charge in [0.25, 0.3) is 0 Å². The lowest BCUT2D eigenvalue weighted by atomic mass is 10.1. The average molecular weight is 311 g/mol. The van der Waals surface area contributed by atoms with Crippen molar-refractivity contribution in [1.29, 1.82) is 0 Å². The molecule has 0 aliphatic carbocycles. The number of hydrogen-bond acceptors (Lipinski definition) is 4. The second-order valence-electron chi connectivity index (χ2n) is 4.45. The Balaban J connectivity index is 2.37. The van der Waals surface area contributed by atoms with Gasteiger partial charge >= 0.3 is 5.69 Å². The van der Waals surface area contributed by atoms with E-state index < -0.39 is 16.4 Å². The summed E-state index contributed by atoms with van der Waals surface area (Å²) in [6.45, 7) is 1.80. The summed E-state index contributed by atoms with van der Waals surface area (Å²) in [6, 6.07) is 7.75. The zero-order chi connectivity index (χ0) is 15.6.